The second-order valence-electron chi connectivity index (χ2n) is 7.78. The minimum Gasteiger partial charge on any atom is -0.495 e. The van der Waals surface area contributed by atoms with Gasteiger partial charge in [-0.3, -0.25) is 4.79 Å². The molecule has 34 heavy (non-hydrogen) atoms. The normalized spacial score (nSPS) is 13.9. The molecule has 0 saturated carbocycles. The molecule has 0 atom stereocenters. The molecule has 2 aromatic heterocycles. The fraction of sp³-hybridized carbons (Fsp3) is 0.250. The van der Waals surface area contributed by atoms with E-state index in [0.29, 0.717) is 29.5 Å². The summed E-state index contributed by atoms with van der Waals surface area (Å²) in [5, 5.41) is 5.84. The maximum absolute atomic E-state index is 13.3. The minimum absolute atomic E-state index is 0.0716. The Bertz CT molecular complexity index is 1300. The lowest BCUT2D eigenvalue weighted by atomic mass is 10.2. The zero-order chi connectivity index (χ0) is 23.5. The van der Waals surface area contributed by atoms with Crippen LogP contribution in [0.4, 0.5) is 10.1 Å². The number of ether oxygens (including phenoxy) is 1. The van der Waals surface area contributed by atoms with Crippen molar-refractivity contribution in [3.05, 3.63) is 66.9 Å². The number of hydrogen-bond donors (Lipinski definition) is 0. The van der Waals surface area contributed by atoms with Gasteiger partial charge in [-0.05, 0) is 36.4 Å². The molecule has 1 aliphatic heterocycles. The van der Waals surface area contributed by atoms with Crippen LogP contribution in [0.3, 0.4) is 0 Å². The summed E-state index contributed by atoms with van der Waals surface area (Å²) in [6, 6.07) is 14.0. The van der Waals surface area contributed by atoms with Gasteiger partial charge in [0, 0.05) is 26.2 Å². The number of carbonyl (C=O) groups is 1. The van der Waals surface area contributed by atoms with E-state index >= 15 is 0 Å². The predicted molar refractivity (Wildman–Crippen MR) is 129 cm³/mol. The molecule has 0 N–H and O–H groups in total. The van der Waals surface area contributed by atoms with Gasteiger partial charge in [-0.25, -0.2) is 19.0 Å². The van der Waals surface area contributed by atoms with Crippen LogP contribution >= 0.6 is 11.8 Å². The van der Waals surface area contributed by atoms with Gasteiger partial charge in [0.1, 0.15) is 22.9 Å². The van der Waals surface area contributed by atoms with Crippen molar-refractivity contribution in [3.63, 3.8) is 0 Å². The summed E-state index contributed by atoms with van der Waals surface area (Å²) in [6.07, 6.45) is 3.14. The van der Waals surface area contributed by atoms with Crippen molar-refractivity contribution in [3.8, 4) is 11.4 Å². The van der Waals surface area contributed by atoms with Crippen LogP contribution in [0.1, 0.15) is 0 Å². The average Bonchev–Trinajstić information content (AvgIpc) is 3.32. The second-order valence-corrected chi connectivity index (χ2v) is 8.74. The number of amides is 1. The number of para-hydroxylation sites is 2. The van der Waals surface area contributed by atoms with Crippen molar-refractivity contribution in [1.29, 1.82) is 0 Å². The number of methoxy groups -OCH3 is 1. The first-order valence-corrected chi connectivity index (χ1v) is 11.9. The smallest absolute Gasteiger partial charge is 0.233 e. The number of anilines is 1. The summed E-state index contributed by atoms with van der Waals surface area (Å²) < 4.78 is 20.4. The Morgan fingerprint density at radius 2 is 1.82 bits per heavy atom. The van der Waals surface area contributed by atoms with Gasteiger partial charge >= 0.3 is 0 Å². The number of halogens is 1. The van der Waals surface area contributed by atoms with Crippen molar-refractivity contribution >= 4 is 34.4 Å². The standard InChI is InChI=1S/C24H23FN6O2S/c1-33-21-5-3-2-4-20(21)29-10-12-30(13-11-29)22(32)15-34-24-19-14-28-31(23(19)26-16-27-24)18-8-6-17(25)7-9-18/h2-9,14,16H,10-13,15H2,1H3. The van der Waals surface area contributed by atoms with Gasteiger partial charge < -0.3 is 14.5 Å². The van der Waals surface area contributed by atoms with Gasteiger partial charge in [0.15, 0.2) is 5.65 Å². The molecule has 4 aromatic rings. The molecule has 5 rings (SSSR count). The highest BCUT2D eigenvalue weighted by molar-refractivity contribution is 8.00. The Kier molecular flexibility index (Phi) is 6.31. The number of carbonyl (C=O) groups excluding carboxylic acids is 1. The van der Waals surface area contributed by atoms with Crippen LogP contribution in [0, 0.1) is 5.82 Å². The van der Waals surface area contributed by atoms with Crippen LogP contribution in [0.5, 0.6) is 5.75 Å². The van der Waals surface area contributed by atoms with Gasteiger partial charge in [-0.15, -0.1) is 0 Å². The first-order valence-electron chi connectivity index (χ1n) is 10.9. The van der Waals surface area contributed by atoms with E-state index in [0.717, 1.165) is 29.9 Å². The molecular formula is C24H23FN6O2S. The van der Waals surface area contributed by atoms with Crippen LogP contribution in [-0.2, 0) is 4.79 Å². The van der Waals surface area contributed by atoms with Gasteiger partial charge in [0.2, 0.25) is 5.91 Å². The van der Waals surface area contributed by atoms with Gasteiger partial charge in [0.25, 0.3) is 0 Å². The number of thioether (sulfide) groups is 1. The fourth-order valence-corrected chi connectivity index (χ4v) is 4.88. The molecule has 10 heteroatoms. The summed E-state index contributed by atoms with van der Waals surface area (Å²) in [4.78, 5) is 25.7. The second kappa shape index (κ2) is 9.68. The average molecular weight is 479 g/mol. The Balaban J connectivity index is 1.23. The van der Waals surface area contributed by atoms with Crippen molar-refractivity contribution in [2.75, 3.05) is 43.9 Å². The first kappa shape index (κ1) is 22.1. The molecule has 3 heterocycles. The Labute approximate surface area is 200 Å². The van der Waals surface area contributed by atoms with E-state index in [4.69, 9.17) is 4.74 Å². The van der Waals surface area contributed by atoms with Crippen LogP contribution in [-0.4, -0.2) is 69.6 Å². The molecule has 2 aromatic carbocycles. The molecule has 1 amide bonds. The minimum atomic E-state index is -0.312. The van der Waals surface area contributed by atoms with E-state index in [1.54, 1.807) is 30.1 Å². The molecule has 1 fully saturated rings. The van der Waals surface area contributed by atoms with Crippen molar-refractivity contribution in [1.82, 2.24) is 24.6 Å². The third-order valence-corrected chi connectivity index (χ3v) is 6.78. The zero-order valence-electron chi connectivity index (χ0n) is 18.6. The van der Waals surface area contributed by atoms with Crippen LogP contribution in [0.2, 0.25) is 0 Å². The van der Waals surface area contributed by atoms with E-state index < -0.39 is 0 Å². The third kappa shape index (κ3) is 4.41. The third-order valence-electron chi connectivity index (χ3n) is 5.79. The summed E-state index contributed by atoms with van der Waals surface area (Å²) in [5.41, 5.74) is 2.37. The Morgan fingerprint density at radius 1 is 1.06 bits per heavy atom. The molecule has 0 aliphatic carbocycles. The lowest BCUT2D eigenvalue weighted by molar-refractivity contribution is -0.128. The molecule has 0 spiro atoms. The molecule has 1 saturated heterocycles. The lowest BCUT2D eigenvalue weighted by Gasteiger charge is -2.36. The quantitative estimate of drug-likeness (QED) is 0.311. The highest BCUT2D eigenvalue weighted by Crippen LogP contribution is 2.29. The molecule has 0 bridgehead atoms. The van der Waals surface area contributed by atoms with Crippen LogP contribution in [0.15, 0.2) is 66.1 Å². The zero-order valence-corrected chi connectivity index (χ0v) is 19.4. The maximum Gasteiger partial charge on any atom is 0.233 e. The number of hydrogen-bond acceptors (Lipinski definition) is 7. The fourth-order valence-electron chi connectivity index (χ4n) is 4.02. The monoisotopic (exact) mass is 478 g/mol. The Morgan fingerprint density at radius 3 is 2.59 bits per heavy atom. The molecule has 1 aliphatic rings. The van der Waals surface area contributed by atoms with E-state index in [1.165, 1.54) is 30.2 Å². The first-order chi connectivity index (χ1) is 16.6. The van der Waals surface area contributed by atoms with Gasteiger partial charge in [0.05, 0.1) is 35.8 Å². The number of aromatic nitrogens is 4. The maximum atomic E-state index is 13.3. The van der Waals surface area contributed by atoms with Crippen molar-refractivity contribution in [2.45, 2.75) is 5.03 Å². The largest absolute Gasteiger partial charge is 0.495 e. The SMILES string of the molecule is COc1ccccc1N1CCN(C(=O)CSc2ncnc3c2cnn3-c2ccc(F)cc2)CC1. The highest BCUT2D eigenvalue weighted by atomic mass is 32.2. The molecule has 174 valence electrons. The van der Waals surface area contributed by atoms with E-state index in [-0.39, 0.29) is 17.5 Å². The van der Waals surface area contributed by atoms with E-state index in [2.05, 4.69) is 20.0 Å². The number of rotatable bonds is 6. The molecule has 8 nitrogen and oxygen atoms in total. The van der Waals surface area contributed by atoms with Crippen LogP contribution in [0.25, 0.3) is 16.7 Å². The Hall–Kier alpha value is -3.66. The number of piperazine rings is 1. The topological polar surface area (TPSA) is 76.4 Å². The number of fused-ring (bicyclic) bond motifs is 1. The summed E-state index contributed by atoms with van der Waals surface area (Å²) in [5.74, 6) is 0.880. The molecule has 0 unspecified atom stereocenters. The van der Waals surface area contributed by atoms with Crippen LogP contribution < -0.4 is 9.64 Å². The summed E-state index contributed by atoms with van der Waals surface area (Å²) >= 11 is 1.38. The number of nitrogens with zero attached hydrogens (tertiary/aromatic N) is 6. The number of benzene rings is 2. The lowest BCUT2D eigenvalue weighted by Crippen LogP contribution is -2.49. The summed E-state index contributed by atoms with van der Waals surface area (Å²) in [6.45, 7) is 2.80. The molecular weight excluding hydrogens is 455 g/mol. The van der Waals surface area contributed by atoms with Crippen molar-refractivity contribution < 1.29 is 13.9 Å². The van der Waals surface area contributed by atoms with Crippen molar-refractivity contribution in [2.24, 2.45) is 0 Å². The van der Waals surface area contributed by atoms with Gasteiger partial charge in [-0.1, -0.05) is 23.9 Å². The van der Waals surface area contributed by atoms with E-state index in [1.807, 2.05) is 29.2 Å². The highest BCUT2D eigenvalue weighted by Gasteiger charge is 2.23. The van der Waals surface area contributed by atoms with E-state index in [9.17, 15) is 9.18 Å². The molecule has 0 radical (unpaired) electrons. The van der Waals surface area contributed by atoms with Gasteiger partial charge in [-0.2, -0.15) is 5.10 Å². The summed E-state index contributed by atoms with van der Waals surface area (Å²) in [7, 11) is 1.67. The predicted octanol–water partition coefficient (Wildman–Crippen LogP) is 3.40.